The van der Waals surface area contributed by atoms with E-state index in [1.165, 1.54) is 11.8 Å². The molecule has 1 aliphatic heterocycles. The smallest absolute Gasteiger partial charge is 0.137 e. The second-order valence-corrected chi connectivity index (χ2v) is 6.85. The number of hydrogen-bond donors (Lipinski definition) is 2. The van der Waals surface area contributed by atoms with Crippen LogP contribution in [0.15, 0.2) is 48.1 Å². The van der Waals surface area contributed by atoms with E-state index >= 15 is 0 Å². The highest BCUT2D eigenvalue weighted by Crippen LogP contribution is 2.44. The summed E-state index contributed by atoms with van der Waals surface area (Å²) in [7, 11) is 0. The highest BCUT2D eigenvalue weighted by molar-refractivity contribution is 8.03. The van der Waals surface area contributed by atoms with Gasteiger partial charge in [0, 0.05) is 23.3 Å². The number of halogens is 2. The maximum atomic E-state index is 6.40. The number of aromatic amines is 1. The normalized spacial score (nSPS) is 17.8. The van der Waals surface area contributed by atoms with Crippen LogP contribution in [-0.2, 0) is 0 Å². The fourth-order valence-corrected chi connectivity index (χ4v) is 3.94. The molecule has 23 heavy (non-hydrogen) atoms. The first-order chi connectivity index (χ1) is 11.2. The zero-order valence-electron chi connectivity index (χ0n) is 11.8. The summed E-state index contributed by atoms with van der Waals surface area (Å²) in [6, 6.07) is 9.50. The zero-order valence-corrected chi connectivity index (χ0v) is 14.2. The molecule has 0 spiro atoms. The molecule has 1 aliphatic rings. The van der Waals surface area contributed by atoms with Crippen molar-refractivity contribution in [2.75, 3.05) is 4.90 Å². The van der Waals surface area contributed by atoms with Crippen LogP contribution in [0.2, 0.25) is 10.0 Å². The summed E-state index contributed by atoms with van der Waals surface area (Å²) in [5.74, 6) is 0. The Bertz CT molecular complexity index is 921. The Hall–Kier alpha value is -1.66. The molecule has 0 bridgehead atoms. The van der Waals surface area contributed by atoms with E-state index in [9.17, 15) is 0 Å². The molecule has 4 nitrogen and oxygen atoms in total. The Labute approximate surface area is 147 Å². The Morgan fingerprint density at radius 1 is 1.22 bits per heavy atom. The molecule has 0 saturated carbocycles. The molecule has 4 rings (SSSR count). The van der Waals surface area contributed by atoms with Crippen LogP contribution in [0.25, 0.3) is 16.7 Å². The predicted molar refractivity (Wildman–Crippen MR) is 98.6 cm³/mol. The molecule has 2 aromatic heterocycles. The summed E-state index contributed by atoms with van der Waals surface area (Å²) in [6.07, 6.45) is 3.70. The van der Waals surface area contributed by atoms with E-state index in [-0.39, 0.29) is 5.50 Å². The molecule has 0 saturated heterocycles. The Kier molecular flexibility index (Phi) is 3.73. The van der Waals surface area contributed by atoms with Crippen LogP contribution in [0.4, 0.5) is 5.69 Å². The monoisotopic (exact) mass is 362 g/mol. The zero-order chi connectivity index (χ0) is 16.0. The lowest BCUT2D eigenvalue weighted by Gasteiger charge is -2.27. The lowest BCUT2D eigenvalue weighted by atomic mass is 10.1. The topological polar surface area (TPSA) is 57.9 Å². The fourth-order valence-electron chi connectivity index (χ4n) is 2.70. The number of fused-ring (bicyclic) bond motifs is 1. The van der Waals surface area contributed by atoms with Gasteiger partial charge in [-0.25, -0.2) is 4.98 Å². The van der Waals surface area contributed by atoms with E-state index in [4.69, 9.17) is 28.9 Å². The SMILES string of the molecule is NC1SC=C(c2c[nH]c3ncccc23)N1c1cccc(Cl)c1Cl. The molecule has 3 N–H and O–H groups in total. The first-order valence-corrected chi connectivity index (χ1v) is 8.63. The highest BCUT2D eigenvalue weighted by atomic mass is 35.5. The third-order valence-electron chi connectivity index (χ3n) is 3.75. The van der Waals surface area contributed by atoms with Gasteiger partial charge in [-0.1, -0.05) is 41.0 Å². The summed E-state index contributed by atoms with van der Waals surface area (Å²) in [6.45, 7) is 0. The fraction of sp³-hybridized carbons (Fsp3) is 0.0625. The van der Waals surface area contributed by atoms with Gasteiger partial charge in [0.25, 0.3) is 0 Å². The van der Waals surface area contributed by atoms with Gasteiger partial charge in [0.1, 0.15) is 11.1 Å². The van der Waals surface area contributed by atoms with Crippen molar-refractivity contribution < 1.29 is 0 Å². The van der Waals surface area contributed by atoms with E-state index in [2.05, 4.69) is 9.97 Å². The third kappa shape index (κ3) is 2.40. The molecule has 0 fully saturated rings. The van der Waals surface area contributed by atoms with E-state index in [1.807, 2.05) is 40.8 Å². The molecule has 7 heteroatoms. The number of nitrogens with zero attached hydrogens (tertiary/aromatic N) is 2. The van der Waals surface area contributed by atoms with E-state index in [1.54, 1.807) is 12.3 Å². The summed E-state index contributed by atoms with van der Waals surface area (Å²) < 4.78 is 0. The van der Waals surface area contributed by atoms with Crippen LogP contribution in [0.1, 0.15) is 5.56 Å². The third-order valence-corrected chi connectivity index (χ3v) is 5.41. The summed E-state index contributed by atoms with van der Waals surface area (Å²) >= 11 is 14.1. The molecule has 3 aromatic rings. The standard InChI is InChI=1S/C16H12Cl2N4S/c17-11-4-1-5-12(14(11)18)22-13(8-23-16(22)19)10-7-21-15-9(10)3-2-6-20-15/h1-8,16H,19H2,(H,20,21). The van der Waals surface area contributed by atoms with Crippen LogP contribution in [0, 0.1) is 0 Å². The average Bonchev–Trinajstić information content (AvgIpc) is 3.14. The van der Waals surface area contributed by atoms with Gasteiger partial charge < -0.3 is 15.6 Å². The number of hydrogen-bond acceptors (Lipinski definition) is 4. The number of thioether (sulfide) groups is 1. The number of pyridine rings is 1. The molecule has 1 atom stereocenters. The summed E-state index contributed by atoms with van der Waals surface area (Å²) in [5, 5.41) is 4.08. The number of anilines is 1. The van der Waals surface area contributed by atoms with E-state index in [0.717, 1.165) is 28.0 Å². The van der Waals surface area contributed by atoms with Gasteiger partial charge in [-0.3, -0.25) is 0 Å². The molecule has 0 amide bonds. The van der Waals surface area contributed by atoms with Crippen molar-refractivity contribution in [2.45, 2.75) is 5.50 Å². The van der Waals surface area contributed by atoms with Crippen molar-refractivity contribution in [2.24, 2.45) is 5.73 Å². The second-order valence-electron chi connectivity index (χ2n) is 5.07. The second kappa shape index (κ2) is 5.76. The summed E-state index contributed by atoms with van der Waals surface area (Å²) in [4.78, 5) is 9.52. The van der Waals surface area contributed by atoms with Crippen LogP contribution < -0.4 is 10.6 Å². The van der Waals surface area contributed by atoms with Crippen molar-refractivity contribution in [3.8, 4) is 0 Å². The van der Waals surface area contributed by atoms with Gasteiger partial charge in [0.2, 0.25) is 0 Å². The highest BCUT2D eigenvalue weighted by Gasteiger charge is 2.29. The molecule has 116 valence electrons. The largest absolute Gasteiger partial charge is 0.345 e. The van der Waals surface area contributed by atoms with Crippen LogP contribution in [0.3, 0.4) is 0 Å². The number of aromatic nitrogens is 2. The van der Waals surface area contributed by atoms with E-state index < -0.39 is 0 Å². The molecule has 1 unspecified atom stereocenters. The Balaban J connectivity index is 1.86. The van der Waals surface area contributed by atoms with Gasteiger partial charge in [-0.2, -0.15) is 0 Å². The maximum absolute atomic E-state index is 6.40. The van der Waals surface area contributed by atoms with Gasteiger partial charge in [0.15, 0.2) is 0 Å². The Morgan fingerprint density at radius 2 is 2.09 bits per heavy atom. The number of rotatable bonds is 2. The van der Waals surface area contributed by atoms with Crippen molar-refractivity contribution in [3.05, 3.63) is 63.7 Å². The minimum atomic E-state index is -0.261. The lowest BCUT2D eigenvalue weighted by Crippen LogP contribution is -2.34. The van der Waals surface area contributed by atoms with Crippen LogP contribution >= 0.6 is 35.0 Å². The molecule has 0 radical (unpaired) electrons. The molecule has 0 aliphatic carbocycles. The molecular weight excluding hydrogens is 351 g/mol. The predicted octanol–water partition coefficient (Wildman–Crippen LogP) is 4.66. The lowest BCUT2D eigenvalue weighted by molar-refractivity contribution is 0.939. The van der Waals surface area contributed by atoms with Crippen molar-refractivity contribution >= 4 is 57.4 Å². The van der Waals surface area contributed by atoms with E-state index in [0.29, 0.717) is 10.0 Å². The van der Waals surface area contributed by atoms with Crippen molar-refractivity contribution in [1.29, 1.82) is 0 Å². The number of nitrogens with one attached hydrogen (secondary N) is 1. The molecule has 3 heterocycles. The van der Waals surface area contributed by atoms with Crippen LogP contribution in [-0.4, -0.2) is 15.5 Å². The van der Waals surface area contributed by atoms with Gasteiger partial charge in [-0.05, 0) is 29.7 Å². The number of H-pyrrole nitrogens is 1. The maximum Gasteiger partial charge on any atom is 0.137 e. The summed E-state index contributed by atoms with van der Waals surface area (Å²) in [5.41, 5.74) is 9.66. The van der Waals surface area contributed by atoms with Crippen molar-refractivity contribution in [3.63, 3.8) is 0 Å². The first-order valence-electron chi connectivity index (χ1n) is 6.94. The molecule has 1 aromatic carbocycles. The number of nitrogens with two attached hydrogens (primary N) is 1. The minimum absolute atomic E-state index is 0.261. The minimum Gasteiger partial charge on any atom is -0.345 e. The first kappa shape index (κ1) is 14.9. The Morgan fingerprint density at radius 3 is 2.96 bits per heavy atom. The van der Waals surface area contributed by atoms with Crippen molar-refractivity contribution in [1.82, 2.24) is 9.97 Å². The van der Waals surface area contributed by atoms with Gasteiger partial charge >= 0.3 is 0 Å². The van der Waals surface area contributed by atoms with Gasteiger partial charge in [-0.15, -0.1) is 0 Å². The average molecular weight is 363 g/mol. The van der Waals surface area contributed by atoms with Crippen LogP contribution in [0.5, 0.6) is 0 Å². The quantitative estimate of drug-likeness (QED) is 0.695. The van der Waals surface area contributed by atoms with Gasteiger partial charge in [0.05, 0.1) is 21.4 Å². The molecular formula is C16H12Cl2N4S. The number of benzene rings is 1.